The Morgan fingerprint density at radius 3 is 0.864 bits per heavy atom. The molecule has 0 aliphatic heterocycles. The molecule has 0 saturated carbocycles. The molecule has 0 aliphatic rings. The van der Waals surface area contributed by atoms with Crippen LogP contribution in [0.2, 0.25) is 0 Å². The zero-order chi connectivity index (χ0) is 15.5. The normalized spacial score (nSPS) is 10.9. The van der Waals surface area contributed by atoms with E-state index in [0.29, 0.717) is 0 Å². The van der Waals surface area contributed by atoms with Gasteiger partial charge in [-0.15, -0.1) is 0 Å². The molecule has 0 N–H and O–H groups in total. The van der Waals surface area contributed by atoms with E-state index in [1.54, 1.807) is 10.7 Å². The molecule has 3 rings (SSSR count). The van der Waals surface area contributed by atoms with Crippen LogP contribution in [0.1, 0.15) is 16.7 Å². The topological polar surface area (TPSA) is 0 Å². The number of rotatable bonds is 3. The minimum absolute atomic E-state index is 1.33. The monoisotopic (exact) mass is 394 g/mol. The number of hydrogen-bond acceptors (Lipinski definition) is 0. The molecule has 3 aromatic rings. The SMILES string of the molecule is Cc1cc[c]([SnH]([c]2ccc(C)cc2)[c]2ccc(C)cc2)cc1. The summed E-state index contributed by atoms with van der Waals surface area (Å²) in [5.74, 6) is 0. The Bertz CT molecular complexity index is 629. The summed E-state index contributed by atoms with van der Waals surface area (Å²) in [5, 5.41) is 0. The standard InChI is InChI=1S/3C7H7.Sn.H/c3*1-7-5-3-2-4-6-7;;/h3*3-6H,1H3;;. The van der Waals surface area contributed by atoms with Gasteiger partial charge in [0, 0.05) is 0 Å². The van der Waals surface area contributed by atoms with Crippen LogP contribution in [0, 0.1) is 20.8 Å². The molecule has 0 amide bonds. The predicted molar refractivity (Wildman–Crippen MR) is 99.6 cm³/mol. The van der Waals surface area contributed by atoms with Crippen molar-refractivity contribution in [1.29, 1.82) is 0 Å². The Morgan fingerprint density at radius 1 is 0.409 bits per heavy atom. The quantitative estimate of drug-likeness (QED) is 0.601. The fourth-order valence-corrected chi connectivity index (χ4v) is 11.1. The van der Waals surface area contributed by atoms with E-state index < -0.39 is 19.8 Å². The van der Waals surface area contributed by atoms with Crippen LogP contribution in [0.5, 0.6) is 0 Å². The first-order valence-electron chi connectivity index (χ1n) is 7.83. The van der Waals surface area contributed by atoms with E-state index in [2.05, 4.69) is 93.6 Å². The van der Waals surface area contributed by atoms with Gasteiger partial charge in [0.2, 0.25) is 0 Å². The summed E-state index contributed by atoms with van der Waals surface area (Å²) in [6.07, 6.45) is 0. The van der Waals surface area contributed by atoms with E-state index >= 15 is 0 Å². The molecule has 0 saturated heterocycles. The molecular weight excluding hydrogens is 371 g/mol. The van der Waals surface area contributed by atoms with E-state index in [9.17, 15) is 0 Å². The molecular formula is C21H22Sn. The van der Waals surface area contributed by atoms with E-state index in [4.69, 9.17) is 0 Å². The van der Waals surface area contributed by atoms with Crippen molar-refractivity contribution in [2.45, 2.75) is 20.8 Å². The van der Waals surface area contributed by atoms with Crippen LogP contribution < -0.4 is 10.7 Å². The minimum atomic E-state index is -2.22. The second-order valence-corrected chi connectivity index (χ2v) is 14.3. The molecule has 0 fully saturated rings. The third kappa shape index (κ3) is 3.44. The molecule has 0 aliphatic carbocycles. The molecule has 22 heavy (non-hydrogen) atoms. The summed E-state index contributed by atoms with van der Waals surface area (Å²) in [4.78, 5) is 0. The van der Waals surface area contributed by atoms with Crippen molar-refractivity contribution < 1.29 is 0 Å². The zero-order valence-electron chi connectivity index (χ0n) is 13.5. The second-order valence-electron chi connectivity index (χ2n) is 6.17. The van der Waals surface area contributed by atoms with Gasteiger partial charge < -0.3 is 0 Å². The summed E-state index contributed by atoms with van der Waals surface area (Å²) in [7, 11) is 0. The Labute approximate surface area is 140 Å². The number of benzene rings is 3. The number of hydrogen-bond donors (Lipinski definition) is 0. The summed E-state index contributed by atoms with van der Waals surface area (Å²) in [6, 6.07) is 27.6. The third-order valence-electron chi connectivity index (χ3n) is 4.23. The Morgan fingerprint density at radius 2 is 0.636 bits per heavy atom. The van der Waals surface area contributed by atoms with Gasteiger partial charge in [-0.1, -0.05) is 0 Å². The van der Waals surface area contributed by atoms with Crippen molar-refractivity contribution in [2.75, 3.05) is 0 Å². The van der Waals surface area contributed by atoms with Crippen LogP contribution >= 0.6 is 0 Å². The molecule has 0 bridgehead atoms. The van der Waals surface area contributed by atoms with Gasteiger partial charge >= 0.3 is 141 Å². The molecule has 0 aromatic heterocycles. The van der Waals surface area contributed by atoms with Crippen LogP contribution in [-0.2, 0) is 0 Å². The number of aryl methyl sites for hydroxylation is 3. The van der Waals surface area contributed by atoms with Gasteiger partial charge in [0.25, 0.3) is 0 Å². The average molecular weight is 393 g/mol. The average Bonchev–Trinajstić information content (AvgIpc) is 2.53. The van der Waals surface area contributed by atoms with Gasteiger partial charge in [-0.3, -0.25) is 0 Å². The predicted octanol–water partition coefficient (Wildman–Crippen LogP) is 2.86. The van der Waals surface area contributed by atoms with Gasteiger partial charge in [-0.2, -0.15) is 0 Å². The van der Waals surface area contributed by atoms with Crippen molar-refractivity contribution in [3.63, 3.8) is 0 Å². The van der Waals surface area contributed by atoms with Crippen LogP contribution in [-0.4, -0.2) is 19.8 Å². The van der Waals surface area contributed by atoms with E-state index in [0.717, 1.165) is 0 Å². The zero-order valence-corrected chi connectivity index (χ0v) is 16.8. The van der Waals surface area contributed by atoms with Crippen molar-refractivity contribution in [3.05, 3.63) is 89.5 Å². The molecule has 0 unspecified atom stereocenters. The molecule has 0 nitrogen and oxygen atoms in total. The first-order chi connectivity index (χ1) is 10.6. The molecule has 1 heteroatoms. The Hall–Kier alpha value is -1.54. The van der Waals surface area contributed by atoms with Gasteiger partial charge in [-0.25, -0.2) is 0 Å². The Balaban J connectivity index is 2.10. The molecule has 110 valence electrons. The molecule has 0 radical (unpaired) electrons. The second kappa shape index (κ2) is 6.70. The van der Waals surface area contributed by atoms with Crippen molar-refractivity contribution in [1.82, 2.24) is 0 Å². The first kappa shape index (κ1) is 15.4. The Kier molecular flexibility index (Phi) is 4.68. The maximum atomic E-state index is 2.34. The first-order valence-corrected chi connectivity index (χ1v) is 12.8. The van der Waals surface area contributed by atoms with Gasteiger partial charge in [-0.05, 0) is 0 Å². The summed E-state index contributed by atoms with van der Waals surface area (Å²) >= 11 is -2.22. The molecule has 0 spiro atoms. The van der Waals surface area contributed by atoms with Crippen molar-refractivity contribution >= 4 is 30.5 Å². The fourth-order valence-electron chi connectivity index (χ4n) is 2.85. The van der Waals surface area contributed by atoms with E-state index in [1.807, 2.05) is 0 Å². The van der Waals surface area contributed by atoms with Crippen molar-refractivity contribution in [2.24, 2.45) is 0 Å². The van der Waals surface area contributed by atoms with E-state index in [-0.39, 0.29) is 0 Å². The third-order valence-corrected chi connectivity index (χ3v) is 13.2. The van der Waals surface area contributed by atoms with Crippen LogP contribution in [0.15, 0.2) is 72.8 Å². The van der Waals surface area contributed by atoms with Gasteiger partial charge in [0.15, 0.2) is 0 Å². The van der Waals surface area contributed by atoms with E-state index in [1.165, 1.54) is 16.7 Å². The van der Waals surface area contributed by atoms with Crippen LogP contribution in [0.3, 0.4) is 0 Å². The maximum absolute atomic E-state index is 2.34. The van der Waals surface area contributed by atoms with Crippen LogP contribution in [0.25, 0.3) is 0 Å². The summed E-state index contributed by atoms with van der Waals surface area (Å²) in [5.41, 5.74) is 4.00. The van der Waals surface area contributed by atoms with Gasteiger partial charge in [0.1, 0.15) is 0 Å². The fraction of sp³-hybridized carbons (Fsp3) is 0.143. The van der Waals surface area contributed by atoms with Crippen LogP contribution in [0.4, 0.5) is 0 Å². The molecule has 0 heterocycles. The van der Waals surface area contributed by atoms with Gasteiger partial charge in [0.05, 0.1) is 0 Å². The molecule has 3 aromatic carbocycles. The summed E-state index contributed by atoms with van der Waals surface area (Å²) < 4.78 is 4.67. The molecule has 0 atom stereocenters. The van der Waals surface area contributed by atoms with Crippen molar-refractivity contribution in [3.8, 4) is 0 Å². The summed E-state index contributed by atoms with van der Waals surface area (Å²) in [6.45, 7) is 6.48.